The number of amidine groups is 2. The monoisotopic (exact) mass is 338 g/mol. The number of aromatic nitrogens is 2. The normalized spacial score (nSPS) is 12.3. The first-order valence-corrected chi connectivity index (χ1v) is 7.11. The molecule has 0 saturated carbocycles. The van der Waals surface area contributed by atoms with Gasteiger partial charge in [0, 0.05) is 23.5 Å². The van der Waals surface area contributed by atoms with E-state index in [4.69, 9.17) is 26.3 Å². The maximum Gasteiger partial charge on any atom is 0.188 e. The molecule has 0 atom stereocenters. The molecule has 3 aromatic rings. The van der Waals surface area contributed by atoms with Crippen LogP contribution in [0, 0.1) is 0 Å². The van der Waals surface area contributed by atoms with Crippen LogP contribution < -0.4 is 11.5 Å². The van der Waals surface area contributed by atoms with Gasteiger partial charge in [0.1, 0.15) is 22.9 Å². The molecule has 0 bridgehead atoms. The Morgan fingerprint density at radius 3 is 1.52 bits per heavy atom. The molecule has 0 radical (unpaired) electrons. The van der Waals surface area contributed by atoms with E-state index in [1.54, 1.807) is 48.8 Å². The Balaban J connectivity index is 1.85. The third kappa shape index (κ3) is 3.24. The summed E-state index contributed by atoms with van der Waals surface area (Å²) >= 11 is 0. The fraction of sp³-hybridized carbons (Fsp3) is 0. The van der Waals surface area contributed by atoms with E-state index in [9.17, 15) is 0 Å². The van der Waals surface area contributed by atoms with E-state index < -0.39 is 0 Å². The maximum atomic E-state index is 8.64. The summed E-state index contributed by atoms with van der Waals surface area (Å²) in [5.41, 5.74) is 13.2. The van der Waals surface area contributed by atoms with Crippen molar-refractivity contribution >= 4 is 11.7 Å². The average molecular weight is 338 g/mol. The number of rotatable bonds is 4. The smallest absolute Gasteiger partial charge is 0.188 e. The first-order chi connectivity index (χ1) is 12.1. The Hall–Kier alpha value is -3.88. The molecule has 0 saturated heterocycles. The summed E-state index contributed by atoms with van der Waals surface area (Å²) in [7, 11) is 0. The van der Waals surface area contributed by atoms with E-state index in [0.29, 0.717) is 22.9 Å². The minimum absolute atomic E-state index is 0.0662. The van der Waals surface area contributed by atoms with Crippen molar-refractivity contribution in [2.45, 2.75) is 0 Å². The molecule has 3 rings (SSSR count). The summed E-state index contributed by atoms with van der Waals surface area (Å²) in [6, 6.07) is 10.4. The van der Waals surface area contributed by atoms with Crippen LogP contribution in [0.15, 0.2) is 63.5 Å². The molecule has 9 heteroatoms. The third-order valence-electron chi connectivity index (χ3n) is 3.44. The molecule has 126 valence electrons. The molecule has 3 heterocycles. The second-order valence-electron chi connectivity index (χ2n) is 5.00. The highest BCUT2D eigenvalue weighted by atomic mass is 16.4. The molecule has 0 aliphatic heterocycles. The molecule has 0 amide bonds. The van der Waals surface area contributed by atoms with E-state index in [2.05, 4.69) is 20.3 Å². The van der Waals surface area contributed by atoms with Gasteiger partial charge in [-0.15, -0.1) is 0 Å². The Bertz CT molecular complexity index is 853. The summed E-state index contributed by atoms with van der Waals surface area (Å²) in [5, 5.41) is 23.1. The van der Waals surface area contributed by atoms with Crippen molar-refractivity contribution in [3.05, 3.63) is 60.2 Å². The van der Waals surface area contributed by atoms with Crippen LogP contribution in [0.1, 0.15) is 11.4 Å². The lowest BCUT2D eigenvalue weighted by Gasteiger charge is -2.01. The zero-order valence-electron chi connectivity index (χ0n) is 12.9. The van der Waals surface area contributed by atoms with Crippen LogP contribution in [-0.4, -0.2) is 32.1 Å². The molecule has 0 fully saturated rings. The van der Waals surface area contributed by atoms with Crippen molar-refractivity contribution in [2.75, 3.05) is 0 Å². The van der Waals surface area contributed by atoms with Gasteiger partial charge in [-0.3, -0.25) is 9.97 Å². The zero-order valence-corrected chi connectivity index (χ0v) is 12.9. The molecule has 0 aliphatic carbocycles. The minimum Gasteiger partial charge on any atom is -0.456 e. The number of furan rings is 1. The van der Waals surface area contributed by atoms with Gasteiger partial charge in [0.15, 0.2) is 11.7 Å². The van der Waals surface area contributed by atoms with Gasteiger partial charge in [0.2, 0.25) is 0 Å². The summed E-state index contributed by atoms with van der Waals surface area (Å²) in [5.74, 6) is 1.08. The number of nitrogens with zero attached hydrogens (tertiary/aromatic N) is 4. The number of hydrogen-bond acceptors (Lipinski definition) is 7. The fourth-order valence-electron chi connectivity index (χ4n) is 2.13. The Kier molecular flexibility index (Phi) is 4.29. The van der Waals surface area contributed by atoms with Crippen molar-refractivity contribution in [1.82, 2.24) is 9.97 Å². The molecule has 9 nitrogen and oxygen atoms in total. The molecular formula is C16H14N6O3. The highest BCUT2D eigenvalue weighted by Crippen LogP contribution is 2.27. The molecule has 6 N–H and O–H groups in total. The molecular weight excluding hydrogens is 324 g/mol. The van der Waals surface area contributed by atoms with E-state index in [0.717, 1.165) is 11.1 Å². The summed E-state index contributed by atoms with van der Waals surface area (Å²) in [6.07, 6.45) is 3.13. The molecule has 3 aromatic heterocycles. The summed E-state index contributed by atoms with van der Waals surface area (Å²) in [4.78, 5) is 8.22. The second-order valence-corrected chi connectivity index (χ2v) is 5.00. The third-order valence-corrected chi connectivity index (χ3v) is 3.44. The number of pyridine rings is 2. The van der Waals surface area contributed by atoms with Gasteiger partial charge in [-0.25, -0.2) is 0 Å². The van der Waals surface area contributed by atoms with Crippen LogP contribution in [0.2, 0.25) is 0 Å². The van der Waals surface area contributed by atoms with Gasteiger partial charge in [-0.05, 0) is 36.4 Å². The molecule has 0 unspecified atom stereocenters. The Morgan fingerprint density at radius 2 is 1.20 bits per heavy atom. The standard InChI is InChI=1S/C16H14N6O3/c17-15(21-23)11-3-1-9(7-19-11)13-5-6-14(25-13)10-2-4-12(20-8-10)16(18)22-24/h1-8,23-24H,(H2,17,21)(H2,18,22). The van der Waals surface area contributed by atoms with E-state index in [-0.39, 0.29) is 11.7 Å². The largest absolute Gasteiger partial charge is 0.456 e. The topological polar surface area (TPSA) is 156 Å². The molecule has 0 spiro atoms. The lowest BCUT2D eigenvalue weighted by atomic mass is 10.2. The second kappa shape index (κ2) is 6.71. The minimum atomic E-state index is -0.0662. The van der Waals surface area contributed by atoms with Gasteiger partial charge in [-0.2, -0.15) is 0 Å². The van der Waals surface area contributed by atoms with E-state index >= 15 is 0 Å². The molecule has 0 aromatic carbocycles. The first kappa shape index (κ1) is 16.0. The van der Waals surface area contributed by atoms with Crippen LogP contribution in [0.4, 0.5) is 0 Å². The molecule has 25 heavy (non-hydrogen) atoms. The van der Waals surface area contributed by atoms with Gasteiger partial charge < -0.3 is 26.3 Å². The van der Waals surface area contributed by atoms with Crippen molar-refractivity contribution in [3.8, 4) is 22.6 Å². The highest BCUT2D eigenvalue weighted by Gasteiger charge is 2.10. The SMILES string of the molecule is N/C(=N\O)c1ccc(-c2ccc(-c3ccc(/C(N)=N/O)nc3)o2)cn1. The van der Waals surface area contributed by atoms with Crippen molar-refractivity contribution < 1.29 is 14.8 Å². The van der Waals surface area contributed by atoms with Crippen LogP contribution in [0.3, 0.4) is 0 Å². The predicted octanol–water partition coefficient (Wildman–Crippen LogP) is 1.59. The predicted molar refractivity (Wildman–Crippen MR) is 90.2 cm³/mol. The van der Waals surface area contributed by atoms with Crippen LogP contribution >= 0.6 is 0 Å². The number of hydrogen-bond donors (Lipinski definition) is 4. The van der Waals surface area contributed by atoms with Crippen LogP contribution in [-0.2, 0) is 0 Å². The lowest BCUT2D eigenvalue weighted by Crippen LogP contribution is -2.14. The zero-order chi connectivity index (χ0) is 17.8. The van der Waals surface area contributed by atoms with Crippen molar-refractivity contribution in [1.29, 1.82) is 0 Å². The summed E-state index contributed by atoms with van der Waals surface area (Å²) < 4.78 is 5.81. The van der Waals surface area contributed by atoms with Crippen LogP contribution in [0.25, 0.3) is 22.6 Å². The Labute approximate surface area is 141 Å². The average Bonchev–Trinajstić information content (AvgIpc) is 3.17. The Morgan fingerprint density at radius 1 is 0.760 bits per heavy atom. The lowest BCUT2D eigenvalue weighted by molar-refractivity contribution is 0.318. The van der Waals surface area contributed by atoms with E-state index in [1.165, 1.54) is 0 Å². The van der Waals surface area contributed by atoms with Gasteiger partial charge >= 0.3 is 0 Å². The van der Waals surface area contributed by atoms with Gasteiger partial charge in [0.25, 0.3) is 0 Å². The number of oxime groups is 2. The highest BCUT2D eigenvalue weighted by molar-refractivity contribution is 5.95. The first-order valence-electron chi connectivity index (χ1n) is 7.11. The van der Waals surface area contributed by atoms with E-state index in [1.807, 2.05) is 0 Å². The van der Waals surface area contributed by atoms with Gasteiger partial charge in [0.05, 0.1) is 0 Å². The quantitative estimate of drug-likeness (QED) is 0.243. The number of nitrogens with two attached hydrogens (primary N) is 2. The van der Waals surface area contributed by atoms with Crippen molar-refractivity contribution in [3.63, 3.8) is 0 Å². The fourth-order valence-corrected chi connectivity index (χ4v) is 2.13. The van der Waals surface area contributed by atoms with Crippen LogP contribution in [0.5, 0.6) is 0 Å². The maximum absolute atomic E-state index is 8.64. The summed E-state index contributed by atoms with van der Waals surface area (Å²) in [6.45, 7) is 0. The van der Waals surface area contributed by atoms with Crippen molar-refractivity contribution in [2.24, 2.45) is 21.8 Å². The van der Waals surface area contributed by atoms with Gasteiger partial charge in [-0.1, -0.05) is 10.3 Å². The molecule has 0 aliphatic rings.